The molecule has 2 heterocycles. The topological polar surface area (TPSA) is 102 Å². The lowest BCUT2D eigenvalue weighted by Crippen LogP contribution is -2.24. The third-order valence-corrected chi connectivity index (χ3v) is 3.65. The lowest BCUT2D eigenvalue weighted by Gasteiger charge is -2.10. The van der Waals surface area contributed by atoms with Crippen LogP contribution in [0.5, 0.6) is 5.88 Å². The van der Waals surface area contributed by atoms with E-state index in [4.69, 9.17) is 4.74 Å². The first-order chi connectivity index (χ1) is 14.1. The van der Waals surface area contributed by atoms with Gasteiger partial charge in [0.15, 0.2) is 0 Å². The molecule has 2 amide bonds. The predicted molar refractivity (Wildman–Crippen MR) is 101 cm³/mol. The summed E-state index contributed by atoms with van der Waals surface area (Å²) in [5.74, 6) is -0.393. The zero-order chi connectivity index (χ0) is 22.1. The van der Waals surface area contributed by atoms with Crippen molar-refractivity contribution in [3.8, 4) is 5.88 Å². The van der Waals surface area contributed by atoms with Crippen LogP contribution in [0.1, 0.15) is 29.8 Å². The third kappa shape index (κ3) is 8.03. The first-order valence-corrected chi connectivity index (χ1v) is 8.97. The van der Waals surface area contributed by atoms with Crippen LogP contribution in [0.25, 0.3) is 0 Å². The number of alkyl halides is 3. The summed E-state index contributed by atoms with van der Waals surface area (Å²) < 4.78 is 44.2. The van der Waals surface area contributed by atoms with Crippen LogP contribution in [0.15, 0.2) is 36.7 Å². The van der Waals surface area contributed by atoms with Crippen LogP contribution >= 0.6 is 0 Å². The molecule has 0 atom stereocenters. The molecular weight excluding hydrogens is 405 g/mol. The Morgan fingerprint density at radius 2 is 1.90 bits per heavy atom. The fourth-order valence-corrected chi connectivity index (χ4v) is 2.10. The molecule has 0 radical (unpaired) electrons. The van der Waals surface area contributed by atoms with Gasteiger partial charge in [-0.05, 0) is 17.7 Å². The van der Waals surface area contributed by atoms with Gasteiger partial charge in [0, 0.05) is 36.5 Å². The zero-order valence-corrected chi connectivity index (χ0v) is 16.3. The second-order valence-electron chi connectivity index (χ2n) is 6.40. The lowest BCUT2D eigenvalue weighted by atomic mass is 10.2. The molecule has 0 saturated carbocycles. The second-order valence-corrected chi connectivity index (χ2v) is 6.40. The van der Waals surface area contributed by atoms with Crippen molar-refractivity contribution >= 4 is 17.6 Å². The van der Waals surface area contributed by atoms with E-state index in [0.717, 1.165) is 0 Å². The molecule has 0 spiro atoms. The van der Waals surface area contributed by atoms with Gasteiger partial charge >= 0.3 is 6.36 Å². The average Bonchev–Trinajstić information content (AvgIpc) is 2.69. The molecule has 0 aromatic carbocycles. The number of hydrogen-bond acceptors (Lipinski definition) is 6. The summed E-state index contributed by atoms with van der Waals surface area (Å²) >= 11 is 0. The minimum absolute atomic E-state index is 0.135. The number of hydrogen-bond donors (Lipinski definition) is 2. The van der Waals surface area contributed by atoms with Crippen molar-refractivity contribution < 1.29 is 32.2 Å². The number of rotatable bonds is 9. The molecule has 2 aromatic heterocycles. The summed E-state index contributed by atoms with van der Waals surface area (Å²) in [5.41, 5.74) is 0.978. The standard InChI is InChI=1S/C19H21F3N4O4/c1-12(2)17(27)26-15-9-14(5-6-23-15)18(28)25-11-13-3-4-16(24-10-13)29-7-8-30-19(20,21)22/h3-6,9-10,12H,7-8,11H2,1-2H3,(H,25,28)(H,23,26,27). The van der Waals surface area contributed by atoms with Gasteiger partial charge in [-0.2, -0.15) is 0 Å². The first kappa shape index (κ1) is 23.1. The van der Waals surface area contributed by atoms with E-state index in [1.54, 1.807) is 19.9 Å². The van der Waals surface area contributed by atoms with Crippen LogP contribution in [-0.4, -0.2) is 41.4 Å². The van der Waals surface area contributed by atoms with Crippen LogP contribution in [0.3, 0.4) is 0 Å². The highest BCUT2D eigenvalue weighted by Crippen LogP contribution is 2.16. The van der Waals surface area contributed by atoms with Crippen molar-refractivity contribution in [1.82, 2.24) is 15.3 Å². The fourth-order valence-electron chi connectivity index (χ4n) is 2.10. The van der Waals surface area contributed by atoms with Crippen molar-refractivity contribution in [1.29, 1.82) is 0 Å². The van der Waals surface area contributed by atoms with Crippen molar-refractivity contribution in [3.63, 3.8) is 0 Å². The van der Waals surface area contributed by atoms with Gasteiger partial charge in [0.25, 0.3) is 5.91 Å². The van der Waals surface area contributed by atoms with Gasteiger partial charge in [-0.15, -0.1) is 13.2 Å². The van der Waals surface area contributed by atoms with E-state index in [2.05, 4.69) is 25.3 Å². The normalized spacial score (nSPS) is 11.3. The molecule has 0 aliphatic rings. The highest BCUT2D eigenvalue weighted by molar-refractivity contribution is 5.96. The Balaban J connectivity index is 1.82. The third-order valence-electron chi connectivity index (χ3n) is 3.65. The van der Waals surface area contributed by atoms with Crippen molar-refractivity contribution in [2.75, 3.05) is 18.5 Å². The number of halogens is 3. The zero-order valence-electron chi connectivity index (χ0n) is 16.3. The van der Waals surface area contributed by atoms with Gasteiger partial charge < -0.3 is 15.4 Å². The molecule has 0 aliphatic heterocycles. The molecule has 2 N–H and O–H groups in total. The Bertz CT molecular complexity index is 858. The van der Waals surface area contributed by atoms with E-state index in [1.807, 2.05) is 0 Å². The Morgan fingerprint density at radius 1 is 1.13 bits per heavy atom. The van der Waals surface area contributed by atoms with E-state index in [0.29, 0.717) is 11.1 Å². The molecule has 2 aromatic rings. The van der Waals surface area contributed by atoms with Crippen molar-refractivity contribution in [2.45, 2.75) is 26.8 Å². The van der Waals surface area contributed by atoms with Gasteiger partial charge in [-0.3, -0.25) is 14.3 Å². The van der Waals surface area contributed by atoms with Gasteiger partial charge in [0.05, 0.1) is 6.61 Å². The number of nitrogens with one attached hydrogen (secondary N) is 2. The molecule has 0 saturated heterocycles. The van der Waals surface area contributed by atoms with Crippen molar-refractivity contribution in [2.24, 2.45) is 5.92 Å². The Kier molecular flexibility index (Phi) is 8.10. The Morgan fingerprint density at radius 3 is 2.53 bits per heavy atom. The molecule has 0 aliphatic carbocycles. The monoisotopic (exact) mass is 426 g/mol. The summed E-state index contributed by atoms with van der Waals surface area (Å²) in [5, 5.41) is 5.32. The molecule has 162 valence electrons. The molecule has 11 heteroatoms. The smallest absolute Gasteiger partial charge is 0.475 e. The average molecular weight is 426 g/mol. The number of amides is 2. The molecule has 2 rings (SSSR count). The van der Waals surface area contributed by atoms with E-state index in [9.17, 15) is 22.8 Å². The molecule has 8 nitrogen and oxygen atoms in total. The number of pyridine rings is 2. The van der Waals surface area contributed by atoms with Crippen LogP contribution in [0.2, 0.25) is 0 Å². The second kappa shape index (κ2) is 10.5. The minimum atomic E-state index is -4.70. The van der Waals surface area contributed by atoms with Crippen LogP contribution in [0.4, 0.5) is 19.0 Å². The number of carbonyl (C=O) groups is 2. The maximum absolute atomic E-state index is 12.3. The summed E-state index contributed by atoms with van der Waals surface area (Å²) in [6, 6.07) is 6.07. The van der Waals surface area contributed by atoms with Crippen LogP contribution in [0, 0.1) is 5.92 Å². The highest BCUT2D eigenvalue weighted by atomic mass is 19.4. The Hall–Kier alpha value is -3.21. The van der Waals surface area contributed by atoms with Crippen LogP contribution in [-0.2, 0) is 16.1 Å². The Labute approximate surface area is 170 Å². The number of ether oxygens (including phenoxy) is 2. The number of nitrogens with zero attached hydrogens (tertiary/aromatic N) is 2. The molecular formula is C19H21F3N4O4. The van der Waals surface area contributed by atoms with Gasteiger partial charge in [0.1, 0.15) is 12.4 Å². The molecule has 0 unspecified atom stereocenters. The first-order valence-electron chi connectivity index (χ1n) is 8.97. The highest BCUT2D eigenvalue weighted by Gasteiger charge is 2.28. The summed E-state index contributed by atoms with van der Waals surface area (Å²) in [4.78, 5) is 32.0. The molecule has 0 bridgehead atoms. The van der Waals surface area contributed by atoms with E-state index in [-0.39, 0.29) is 42.6 Å². The van der Waals surface area contributed by atoms with E-state index < -0.39 is 13.0 Å². The SMILES string of the molecule is CC(C)C(=O)Nc1cc(C(=O)NCc2ccc(OCCOC(F)(F)F)nc2)ccn1. The van der Waals surface area contributed by atoms with Crippen LogP contribution < -0.4 is 15.4 Å². The quantitative estimate of drug-likeness (QED) is 0.598. The number of carbonyl (C=O) groups excluding carboxylic acids is 2. The van der Waals surface area contributed by atoms with Gasteiger partial charge in [-0.1, -0.05) is 19.9 Å². The maximum atomic E-state index is 12.3. The minimum Gasteiger partial charge on any atom is -0.475 e. The number of anilines is 1. The van der Waals surface area contributed by atoms with Gasteiger partial charge in [-0.25, -0.2) is 9.97 Å². The van der Waals surface area contributed by atoms with E-state index >= 15 is 0 Å². The number of aromatic nitrogens is 2. The molecule has 30 heavy (non-hydrogen) atoms. The predicted octanol–water partition coefficient (Wildman–Crippen LogP) is 2.92. The largest absolute Gasteiger partial charge is 0.522 e. The molecule has 0 fully saturated rings. The van der Waals surface area contributed by atoms with E-state index in [1.165, 1.54) is 30.6 Å². The maximum Gasteiger partial charge on any atom is 0.522 e. The van der Waals surface area contributed by atoms with Crippen molar-refractivity contribution in [3.05, 3.63) is 47.8 Å². The lowest BCUT2D eigenvalue weighted by molar-refractivity contribution is -0.325. The van der Waals surface area contributed by atoms with Gasteiger partial charge in [0.2, 0.25) is 11.8 Å². The summed E-state index contributed by atoms with van der Waals surface area (Å²) in [7, 11) is 0. The summed E-state index contributed by atoms with van der Waals surface area (Å²) in [6.07, 6.45) is -1.85. The summed E-state index contributed by atoms with van der Waals surface area (Å²) in [6.45, 7) is 2.70. The fraction of sp³-hybridized carbons (Fsp3) is 0.368.